The molecule has 1 unspecified atom stereocenters. The molecule has 0 bridgehead atoms. The van der Waals surface area contributed by atoms with E-state index in [1.165, 1.54) is 14.0 Å². The normalized spacial score (nSPS) is 49.9. The Bertz CT molecular complexity index is 1180. The molecule has 15 heteroatoms. The molecule has 0 saturated carbocycles. The van der Waals surface area contributed by atoms with Gasteiger partial charge >= 0.3 is 5.97 Å². The number of nitrogens with zero attached hydrogens (tertiary/aromatic N) is 1. The quantitative estimate of drug-likeness (QED) is 0.171. The van der Waals surface area contributed by atoms with Gasteiger partial charge in [0.25, 0.3) is 0 Å². The second-order valence-corrected chi connectivity index (χ2v) is 17.2. The van der Waals surface area contributed by atoms with Gasteiger partial charge in [-0.25, -0.2) is 0 Å². The van der Waals surface area contributed by atoms with Crippen molar-refractivity contribution in [1.29, 1.82) is 0 Å². The summed E-state index contributed by atoms with van der Waals surface area (Å²) in [7, 11) is 5.23. The molecule has 312 valence electrons. The number of nitrogens with two attached hydrogens (primary N) is 1. The molecule has 3 fully saturated rings. The van der Waals surface area contributed by atoms with Crippen LogP contribution in [-0.4, -0.2) is 160 Å². The molecular formula is C38H73N3O12. The molecule has 0 aromatic rings. The van der Waals surface area contributed by atoms with Crippen molar-refractivity contribution in [1.82, 2.24) is 10.2 Å². The highest BCUT2D eigenvalue weighted by molar-refractivity contribution is 5.73. The summed E-state index contributed by atoms with van der Waals surface area (Å²) in [4.78, 5) is 16.1. The van der Waals surface area contributed by atoms with E-state index in [2.05, 4.69) is 5.32 Å². The molecule has 0 aliphatic carbocycles. The van der Waals surface area contributed by atoms with Crippen LogP contribution in [0, 0.1) is 17.8 Å². The molecule has 3 rings (SSSR count). The number of hydrogen-bond donors (Lipinski definition) is 7. The van der Waals surface area contributed by atoms with Crippen molar-refractivity contribution in [2.24, 2.45) is 23.5 Å². The zero-order chi connectivity index (χ0) is 40.4. The molecule has 15 nitrogen and oxygen atoms in total. The highest BCUT2D eigenvalue weighted by Gasteiger charge is 2.58. The van der Waals surface area contributed by atoms with Crippen LogP contribution in [0.3, 0.4) is 0 Å². The van der Waals surface area contributed by atoms with Crippen LogP contribution in [-0.2, 0) is 33.2 Å². The topological polar surface area (TPSA) is 215 Å². The molecule has 3 heterocycles. The number of hydrogen-bond acceptors (Lipinski definition) is 15. The smallest absolute Gasteiger partial charge is 0.311 e. The summed E-state index contributed by atoms with van der Waals surface area (Å²) in [6, 6.07) is -0.884. The van der Waals surface area contributed by atoms with Crippen LogP contribution in [0.5, 0.6) is 0 Å². The molecule has 0 aromatic heterocycles. The van der Waals surface area contributed by atoms with Gasteiger partial charge in [0.15, 0.2) is 12.6 Å². The third-order valence-corrected chi connectivity index (χ3v) is 12.5. The maximum Gasteiger partial charge on any atom is 0.311 e. The lowest BCUT2D eigenvalue weighted by molar-refractivity contribution is -0.335. The van der Waals surface area contributed by atoms with Crippen molar-refractivity contribution in [2.75, 3.05) is 34.3 Å². The van der Waals surface area contributed by atoms with Gasteiger partial charge in [0.2, 0.25) is 0 Å². The summed E-state index contributed by atoms with van der Waals surface area (Å²) < 4.78 is 37.7. The number of carbonyl (C=O) groups is 1. The van der Waals surface area contributed by atoms with E-state index in [1.807, 2.05) is 32.8 Å². The van der Waals surface area contributed by atoms with Crippen LogP contribution in [0.15, 0.2) is 0 Å². The molecule has 0 aromatic carbocycles. The zero-order valence-corrected chi connectivity index (χ0v) is 34.4. The predicted octanol–water partition coefficient (Wildman–Crippen LogP) is 0.887. The van der Waals surface area contributed by atoms with Gasteiger partial charge in [-0.15, -0.1) is 0 Å². The number of rotatable bonds is 8. The Morgan fingerprint density at radius 3 is 2.15 bits per heavy atom. The van der Waals surface area contributed by atoms with E-state index in [0.29, 0.717) is 13.0 Å². The summed E-state index contributed by atoms with van der Waals surface area (Å²) >= 11 is 0. The molecule has 3 saturated heterocycles. The summed E-state index contributed by atoms with van der Waals surface area (Å²) in [6.07, 6.45) is -7.80. The molecule has 0 radical (unpaired) electrons. The Balaban J connectivity index is 2.17. The van der Waals surface area contributed by atoms with Crippen LogP contribution in [0.1, 0.15) is 94.9 Å². The Labute approximate surface area is 317 Å². The van der Waals surface area contributed by atoms with E-state index in [9.17, 15) is 30.3 Å². The molecule has 18 atom stereocenters. The number of aliphatic hydroxyl groups excluding tert-OH is 2. The van der Waals surface area contributed by atoms with E-state index in [0.717, 1.165) is 0 Å². The highest BCUT2D eigenvalue weighted by Crippen LogP contribution is 2.43. The number of methoxy groups -OCH3 is 1. The van der Waals surface area contributed by atoms with E-state index < -0.39 is 95.5 Å². The van der Waals surface area contributed by atoms with Gasteiger partial charge < -0.3 is 69.9 Å². The van der Waals surface area contributed by atoms with E-state index in [4.69, 9.17) is 34.2 Å². The average molecular weight is 764 g/mol. The number of likely N-dealkylation sites (N-methyl/N-ethyl adjacent to an activating group) is 1. The largest absolute Gasteiger partial charge is 0.459 e. The minimum absolute atomic E-state index is 0.0417. The zero-order valence-electron chi connectivity index (χ0n) is 34.4. The summed E-state index contributed by atoms with van der Waals surface area (Å²) in [5, 5.41) is 61.8. The first-order valence-electron chi connectivity index (χ1n) is 19.4. The number of carbonyl (C=O) groups excluding carboxylic acids is 1. The van der Waals surface area contributed by atoms with Crippen molar-refractivity contribution in [2.45, 2.75) is 185 Å². The van der Waals surface area contributed by atoms with Gasteiger partial charge in [-0.2, -0.15) is 0 Å². The van der Waals surface area contributed by atoms with Crippen LogP contribution in [0.4, 0.5) is 0 Å². The average Bonchev–Trinajstić information content (AvgIpc) is 3.08. The fourth-order valence-electron chi connectivity index (χ4n) is 8.80. The second-order valence-electron chi connectivity index (χ2n) is 17.2. The predicted molar refractivity (Wildman–Crippen MR) is 198 cm³/mol. The Morgan fingerprint density at radius 2 is 1.60 bits per heavy atom. The first-order valence-corrected chi connectivity index (χ1v) is 19.4. The van der Waals surface area contributed by atoms with Gasteiger partial charge in [-0.1, -0.05) is 20.8 Å². The number of aliphatic hydroxyl groups is 5. The monoisotopic (exact) mass is 764 g/mol. The van der Waals surface area contributed by atoms with Gasteiger partial charge in [0.1, 0.15) is 35.1 Å². The number of esters is 1. The third kappa shape index (κ3) is 9.92. The molecule has 0 amide bonds. The van der Waals surface area contributed by atoms with Crippen molar-refractivity contribution >= 4 is 5.97 Å². The number of ether oxygens (including phenoxy) is 6. The fraction of sp³-hybridized carbons (Fsp3) is 0.974. The second kappa shape index (κ2) is 18.0. The lowest BCUT2D eigenvalue weighted by Crippen LogP contribution is -2.69. The molecule has 0 spiro atoms. The summed E-state index contributed by atoms with van der Waals surface area (Å²) in [6.45, 7) is 17.5. The van der Waals surface area contributed by atoms with Crippen LogP contribution < -0.4 is 11.1 Å². The SMILES string of the molecule is CCC1OC(=O)[C@H](C)[C@@H](O[C@H]2C[C@@](C)(OC)[C@@](O)(CN)[C@H](C)O2)[C@H](C)[C@@H](O[C@@H]2O[C@H](C)C[C@H](N(C)C)[C@H]2O)[C@](C)(O)C[C@@H](C)CN[C@H](C)[C@@H](O)[C@]1(C)O. The van der Waals surface area contributed by atoms with E-state index >= 15 is 0 Å². The number of nitrogens with one attached hydrogen (secondary N) is 1. The first kappa shape index (κ1) is 46.3. The van der Waals surface area contributed by atoms with Gasteiger partial charge in [-0.3, -0.25) is 4.79 Å². The fourth-order valence-corrected chi connectivity index (χ4v) is 8.80. The maximum atomic E-state index is 14.2. The van der Waals surface area contributed by atoms with E-state index in [-0.39, 0.29) is 43.9 Å². The molecule has 3 aliphatic rings. The van der Waals surface area contributed by atoms with Gasteiger partial charge in [-0.05, 0) is 94.3 Å². The van der Waals surface area contributed by atoms with Gasteiger partial charge in [0.05, 0.1) is 35.9 Å². The van der Waals surface area contributed by atoms with Crippen molar-refractivity contribution in [3.63, 3.8) is 0 Å². The molecular weight excluding hydrogens is 690 g/mol. The third-order valence-electron chi connectivity index (χ3n) is 12.5. The van der Waals surface area contributed by atoms with Gasteiger partial charge in [0, 0.05) is 38.1 Å². The standard InChI is InChI=1S/C38H73N3O12/c1-14-27-37(10,46)31(43)24(6)40-18-20(2)16-35(8,45)32(53-34-29(42)26(41(11)12)15-21(3)49-34)22(4)30(23(5)33(44)51-27)52-28-17-36(9,48-13)38(47,19-39)25(7)50-28/h20-32,34,40,42-43,45-47H,14-19,39H2,1-13H3/t20-,21-,22+,23-,24-,25+,26+,27?,28+,29-,30+,31-,32-,34+,35-,36-,37-,38-/m1/s1. The van der Waals surface area contributed by atoms with Crippen LogP contribution >= 0.6 is 0 Å². The van der Waals surface area contributed by atoms with Crippen molar-refractivity contribution in [3.05, 3.63) is 0 Å². The number of cyclic esters (lactones) is 1. The molecule has 8 N–H and O–H groups in total. The van der Waals surface area contributed by atoms with Crippen LogP contribution in [0.2, 0.25) is 0 Å². The lowest BCUT2D eigenvalue weighted by atomic mass is 9.75. The van der Waals surface area contributed by atoms with Crippen LogP contribution in [0.25, 0.3) is 0 Å². The minimum Gasteiger partial charge on any atom is -0.459 e. The highest BCUT2D eigenvalue weighted by atomic mass is 16.7. The Kier molecular flexibility index (Phi) is 15.8. The summed E-state index contributed by atoms with van der Waals surface area (Å²) in [5.41, 5.74) is -0.111. The van der Waals surface area contributed by atoms with Crippen molar-refractivity contribution in [3.8, 4) is 0 Å². The first-order chi connectivity index (χ1) is 24.4. The Hall–Kier alpha value is -1.05. The Morgan fingerprint density at radius 1 is 0.981 bits per heavy atom. The molecule has 3 aliphatic heterocycles. The lowest BCUT2D eigenvalue weighted by Gasteiger charge is -2.53. The maximum absolute atomic E-state index is 14.2. The molecule has 53 heavy (non-hydrogen) atoms. The minimum atomic E-state index is -1.82. The van der Waals surface area contributed by atoms with E-state index in [1.54, 1.807) is 48.5 Å². The van der Waals surface area contributed by atoms with Crippen molar-refractivity contribution < 1.29 is 58.7 Å². The summed E-state index contributed by atoms with van der Waals surface area (Å²) in [5.74, 6) is -2.71.